The molecule has 106 valence electrons. The van der Waals surface area contributed by atoms with Gasteiger partial charge in [0.25, 0.3) is 0 Å². The summed E-state index contributed by atoms with van der Waals surface area (Å²) in [6.07, 6.45) is 3.09. The van der Waals surface area contributed by atoms with Crippen LogP contribution in [-0.2, 0) is 6.42 Å². The Morgan fingerprint density at radius 3 is 3.00 bits per heavy atom. The Morgan fingerprint density at radius 2 is 2.20 bits per heavy atom. The van der Waals surface area contributed by atoms with Crippen molar-refractivity contribution in [2.45, 2.75) is 38.3 Å². The number of aliphatic hydroxyl groups is 1. The van der Waals surface area contributed by atoms with Gasteiger partial charge in [-0.1, -0.05) is 18.2 Å². The summed E-state index contributed by atoms with van der Waals surface area (Å²) in [6, 6.07) is 10.6. The van der Waals surface area contributed by atoms with Gasteiger partial charge in [0.15, 0.2) is 0 Å². The molecule has 0 fully saturated rings. The van der Waals surface area contributed by atoms with Crippen LogP contribution >= 0.6 is 27.3 Å². The highest BCUT2D eigenvalue weighted by Crippen LogP contribution is 2.40. The first-order chi connectivity index (χ1) is 9.65. The van der Waals surface area contributed by atoms with Crippen molar-refractivity contribution in [1.82, 2.24) is 0 Å². The zero-order valence-electron chi connectivity index (χ0n) is 11.4. The van der Waals surface area contributed by atoms with Crippen LogP contribution in [0.15, 0.2) is 34.1 Å². The summed E-state index contributed by atoms with van der Waals surface area (Å²) >= 11 is 5.44. The molecular formula is C16H18BrNOS. The smallest absolute Gasteiger partial charge is 0.0781 e. The second-order valence-corrected chi connectivity index (χ2v) is 7.80. The van der Waals surface area contributed by atoms with Crippen LogP contribution in [0, 0.1) is 0 Å². The lowest BCUT2D eigenvalue weighted by Gasteiger charge is -2.26. The van der Waals surface area contributed by atoms with Crippen LogP contribution < -0.4 is 5.32 Å². The maximum absolute atomic E-state index is 9.89. The molecule has 1 aliphatic carbocycles. The second kappa shape index (κ2) is 5.88. The molecule has 1 aromatic carbocycles. The lowest BCUT2D eigenvalue weighted by molar-refractivity contribution is 0.200. The van der Waals surface area contributed by atoms with Crippen molar-refractivity contribution < 1.29 is 5.11 Å². The van der Waals surface area contributed by atoms with Crippen molar-refractivity contribution >= 4 is 33.0 Å². The Balaban J connectivity index is 1.89. The molecule has 1 aromatic heterocycles. The first-order valence-electron chi connectivity index (χ1n) is 6.97. The van der Waals surface area contributed by atoms with Crippen LogP contribution in [0.2, 0.25) is 0 Å². The molecule has 1 aliphatic rings. The normalized spacial score (nSPS) is 19.4. The second-order valence-electron chi connectivity index (χ2n) is 5.28. The molecule has 0 saturated heterocycles. The molecule has 20 heavy (non-hydrogen) atoms. The van der Waals surface area contributed by atoms with Crippen molar-refractivity contribution in [3.05, 3.63) is 50.1 Å². The number of thiophene rings is 1. The van der Waals surface area contributed by atoms with E-state index >= 15 is 0 Å². The number of benzene rings is 1. The van der Waals surface area contributed by atoms with Gasteiger partial charge in [-0.15, -0.1) is 11.3 Å². The number of nitrogens with one attached hydrogen (secondary N) is 1. The standard InChI is InChI=1S/C16H18BrNOS/c1-10(19)11-5-2-3-6-13(11)18-14-7-4-8-15-12(14)9-16(17)20-15/h2-3,5-6,9-10,14,18-19H,4,7-8H2,1H3. The third kappa shape index (κ3) is 2.78. The lowest BCUT2D eigenvalue weighted by Crippen LogP contribution is -2.16. The number of rotatable bonds is 3. The Morgan fingerprint density at radius 1 is 1.40 bits per heavy atom. The molecule has 0 aliphatic heterocycles. The molecule has 4 heteroatoms. The first kappa shape index (κ1) is 14.1. The molecule has 0 saturated carbocycles. The number of hydrogen-bond acceptors (Lipinski definition) is 3. The Labute approximate surface area is 132 Å². The third-order valence-electron chi connectivity index (χ3n) is 3.82. The molecule has 2 atom stereocenters. The van der Waals surface area contributed by atoms with Gasteiger partial charge in [0.05, 0.1) is 15.9 Å². The van der Waals surface area contributed by atoms with E-state index < -0.39 is 6.10 Å². The van der Waals surface area contributed by atoms with Gasteiger partial charge in [0.1, 0.15) is 0 Å². The van der Waals surface area contributed by atoms with Crippen LogP contribution in [0.5, 0.6) is 0 Å². The highest BCUT2D eigenvalue weighted by Gasteiger charge is 2.23. The number of halogens is 1. The van der Waals surface area contributed by atoms with Crippen molar-refractivity contribution in [3.8, 4) is 0 Å². The SMILES string of the molecule is CC(O)c1ccccc1NC1CCCc2sc(Br)cc21. The lowest BCUT2D eigenvalue weighted by atomic mass is 9.93. The van der Waals surface area contributed by atoms with Crippen molar-refractivity contribution in [1.29, 1.82) is 0 Å². The molecule has 0 spiro atoms. The molecule has 0 amide bonds. The minimum Gasteiger partial charge on any atom is -0.389 e. The minimum atomic E-state index is -0.448. The topological polar surface area (TPSA) is 32.3 Å². The summed E-state index contributed by atoms with van der Waals surface area (Å²) in [7, 11) is 0. The van der Waals surface area contributed by atoms with E-state index in [1.54, 1.807) is 0 Å². The molecule has 2 aromatic rings. The highest BCUT2D eigenvalue weighted by molar-refractivity contribution is 9.11. The molecule has 1 heterocycles. The summed E-state index contributed by atoms with van der Waals surface area (Å²) in [6.45, 7) is 1.81. The van der Waals surface area contributed by atoms with Crippen LogP contribution in [-0.4, -0.2) is 5.11 Å². The van der Waals surface area contributed by atoms with Crippen LogP contribution in [0.1, 0.15) is 47.9 Å². The summed E-state index contributed by atoms with van der Waals surface area (Å²) in [5, 5.41) is 13.5. The molecule has 0 bridgehead atoms. The molecule has 2 unspecified atom stereocenters. The first-order valence-corrected chi connectivity index (χ1v) is 8.57. The van der Waals surface area contributed by atoms with Gasteiger partial charge in [-0.2, -0.15) is 0 Å². The van der Waals surface area contributed by atoms with E-state index in [0.29, 0.717) is 6.04 Å². The molecular weight excluding hydrogens is 334 g/mol. The summed E-state index contributed by atoms with van der Waals surface area (Å²) in [5.41, 5.74) is 3.42. The van der Waals surface area contributed by atoms with E-state index in [0.717, 1.165) is 17.7 Å². The van der Waals surface area contributed by atoms with E-state index in [-0.39, 0.29) is 0 Å². The Hall–Kier alpha value is -0.840. The average molecular weight is 352 g/mol. The summed E-state index contributed by atoms with van der Waals surface area (Å²) < 4.78 is 1.21. The number of anilines is 1. The Bertz CT molecular complexity index is 608. The van der Waals surface area contributed by atoms with Gasteiger partial charge in [0, 0.05) is 16.1 Å². The molecule has 0 radical (unpaired) electrons. The molecule has 3 rings (SSSR count). The van der Waals surface area contributed by atoms with E-state index in [1.807, 2.05) is 36.5 Å². The molecule has 2 nitrogen and oxygen atoms in total. The quantitative estimate of drug-likeness (QED) is 0.810. The fourth-order valence-electron chi connectivity index (χ4n) is 2.85. The summed E-state index contributed by atoms with van der Waals surface area (Å²) in [4.78, 5) is 1.48. The van der Waals surface area contributed by atoms with Gasteiger partial charge in [-0.25, -0.2) is 0 Å². The maximum Gasteiger partial charge on any atom is 0.0781 e. The van der Waals surface area contributed by atoms with Gasteiger partial charge >= 0.3 is 0 Å². The third-order valence-corrected chi connectivity index (χ3v) is 5.54. The van der Waals surface area contributed by atoms with Gasteiger partial charge in [-0.05, 0) is 59.8 Å². The predicted molar refractivity (Wildman–Crippen MR) is 88.4 cm³/mol. The van der Waals surface area contributed by atoms with E-state index in [9.17, 15) is 5.11 Å². The van der Waals surface area contributed by atoms with Gasteiger partial charge in [-0.3, -0.25) is 0 Å². The van der Waals surface area contributed by atoms with E-state index in [1.165, 1.54) is 27.1 Å². The van der Waals surface area contributed by atoms with Crippen molar-refractivity contribution in [2.24, 2.45) is 0 Å². The number of fused-ring (bicyclic) bond motifs is 1. The number of aryl methyl sites for hydroxylation is 1. The average Bonchev–Trinajstić information content (AvgIpc) is 2.80. The van der Waals surface area contributed by atoms with E-state index in [4.69, 9.17) is 0 Å². The highest BCUT2D eigenvalue weighted by atomic mass is 79.9. The number of aliphatic hydroxyl groups excluding tert-OH is 1. The summed E-state index contributed by atoms with van der Waals surface area (Å²) in [5.74, 6) is 0. The van der Waals surface area contributed by atoms with Crippen LogP contribution in [0.4, 0.5) is 5.69 Å². The monoisotopic (exact) mass is 351 g/mol. The maximum atomic E-state index is 9.89. The predicted octanol–water partition coefficient (Wildman–Crippen LogP) is 5.05. The number of para-hydroxylation sites is 1. The Kier molecular flexibility index (Phi) is 4.15. The van der Waals surface area contributed by atoms with Gasteiger partial charge in [0.2, 0.25) is 0 Å². The van der Waals surface area contributed by atoms with Gasteiger partial charge < -0.3 is 10.4 Å². The fraction of sp³-hybridized carbons (Fsp3) is 0.375. The minimum absolute atomic E-state index is 0.348. The van der Waals surface area contributed by atoms with Crippen molar-refractivity contribution in [2.75, 3.05) is 5.32 Å². The fourth-order valence-corrected chi connectivity index (χ4v) is 4.67. The zero-order chi connectivity index (χ0) is 14.1. The number of hydrogen-bond donors (Lipinski definition) is 2. The van der Waals surface area contributed by atoms with Crippen LogP contribution in [0.25, 0.3) is 0 Å². The molecule has 2 N–H and O–H groups in total. The zero-order valence-corrected chi connectivity index (χ0v) is 13.8. The largest absolute Gasteiger partial charge is 0.389 e. The van der Waals surface area contributed by atoms with Crippen LogP contribution in [0.3, 0.4) is 0 Å². The van der Waals surface area contributed by atoms with E-state index in [2.05, 4.69) is 33.4 Å². The van der Waals surface area contributed by atoms with Crippen molar-refractivity contribution in [3.63, 3.8) is 0 Å².